The van der Waals surface area contributed by atoms with E-state index in [2.05, 4.69) is 24.5 Å². The third-order valence-electron chi connectivity index (χ3n) is 4.05. The molecule has 0 amide bonds. The van der Waals surface area contributed by atoms with Crippen LogP contribution in [-0.2, 0) is 4.74 Å². The van der Waals surface area contributed by atoms with Gasteiger partial charge in [0, 0.05) is 12.6 Å². The van der Waals surface area contributed by atoms with Crippen molar-refractivity contribution in [1.82, 2.24) is 10.6 Å². The van der Waals surface area contributed by atoms with Crippen molar-refractivity contribution in [3.05, 3.63) is 0 Å². The average molecular weight is 212 g/mol. The molecule has 3 nitrogen and oxygen atoms in total. The highest BCUT2D eigenvalue weighted by molar-refractivity contribution is 4.82. The second-order valence-electron chi connectivity index (χ2n) is 5.22. The zero-order chi connectivity index (χ0) is 10.7. The van der Waals surface area contributed by atoms with Gasteiger partial charge in [0.2, 0.25) is 0 Å². The van der Waals surface area contributed by atoms with E-state index < -0.39 is 0 Å². The predicted octanol–water partition coefficient (Wildman–Crippen LogP) is 0.856. The molecule has 0 spiro atoms. The molecular weight excluding hydrogens is 188 g/mol. The van der Waals surface area contributed by atoms with Crippen molar-refractivity contribution in [2.75, 3.05) is 32.8 Å². The molecule has 2 N–H and O–H groups in total. The summed E-state index contributed by atoms with van der Waals surface area (Å²) in [7, 11) is 0. The van der Waals surface area contributed by atoms with Crippen molar-refractivity contribution in [3.8, 4) is 0 Å². The number of hydrogen-bond acceptors (Lipinski definition) is 3. The smallest absolute Gasteiger partial charge is 0.0509 e. The molecule has 15 heavy (non-hydrogen) atoms. The SMILES string of the molecule is CC1CNCC1CNC(C)C1CCOC1. The summed E-state index contributed by atoms with van der Waals surface area (Å²) in [5.41, 5.74) is 0. The van der Waals surface area contributed by atoms with Gasteiger partial charge >= 0.3 is 0 Å². The first-order chi connectivity index (χ1) is 7.27. The third kappa shape index (κ3) is 2.92. The van der Waals surface area contributed by atoms with E-state index in [4.69, 9.17) is 4.74 Å². The van der Waals surface area contributed by atoms with Gasteiger partial charge in [-0.1, -0.05) is 6.92 Å². The minimum absolute atomic E-state index is 0.611. The average Bonchev–Trinajstić information content (AvgIpc) is 2.85. The Morgan fingerprint density at radius 2 is 2.33 bits per heavy atom. The van der Waals surface area contributed by atoms with E-state index >= 15 is 0 Å². The third-order valence-corrected chi connectivity index (χ3v) is 4.05. The van der Waals surface area contributed by atoms with E-state index in [-0.39, 0.29) is 0 Å². The topological polar surface area (TPSA) is 33.3 Å². The molecule has 2 fully saturated rings. The van der Waals surface area contributed by atoms with Crippen LogP contribution < -0.4 is 10.6 Å². The number of hydrogen-bond donors (Lipinski definition) is 2. The molecule has 0 saturated carbocycles. The van der Waals surface area contributed by atoms with Gasteiger partial charge in [-0.05, 0) is 50.7 Å². The molecule has 4 unspecified atom stereocenters. The Balaban J connectivity index is 1.67. The lowest BCUT2D eigenvalue weighted by Gasteiger charge is -2.22. The van der Waals surface area contributed by atoms with Crippen LogP contribution in [0.4, 0.5) is 0 Å². The summed E-state index contributed by atoms with van der Waals surface area (Å²) in [6.07, 6.45) is 1.23. The molecule has 0 aromatic rings. The van der Waals surface area contributed by atoms with Crippen LogP contribution in [0.1, 0.15) is 20.3 Å². The lowest BCUT2D eigenvalue weighted by molar-refractivity contribution is 0.177. The van der Waals surface area contributed by atoms with Crippen molar-refractivity contribution in [2.24, 2.45) is 17.8 Å². The molecule has 88 valence electrons. The minimum Gasteiger partial charge on any atom is -0.381 e. The van der Waals surface area contributed by atoms with Crippen molar-refractivity contribution in [3.63, 3.8) is 0 Å². The fraction of sp³-hybridized carbons (Fsp3) is 1.00. The van der Waals surface area contributed by atoms with Crippen molar-refractivity contribution < 1.29 is 4.74 Å². The Bertz CT molecular complexity index is 192. The first kappa shape index (κ1) is 11.4. The molecule has 0 bridgehead atoms. The van der Waals surface area contributed by atoms with Crippen molar-refractivity contribution in [1.29, 1.82) is 0 Å². The van der Waals surface area contributed by atoms with E-state index in [0.717, 1.165) is 37.5 Å². The first-order valence-corrected chi connectivity index (χ1v) is 6.29. The Hall–Kier alpha value is -0.120. The molecule has 2 saturated heterocycles. The monoisotopic (exact) mass is 212 g/mol. The molecule has 2 heterocycles. The van der Waals surface area contributed by atoms with Gasteiger partial charge in [0.15, 0.2) is 0 Å². The largest absolute Gasteiger partial charge is 0.381 e. The van der Waals surface area contributed by atoms with E-state index in [1.54, 1.807) is 0 Å². The number of ether oxygens (including phenoxy) is 1. The minimum atomic E-state index is 0.611. The summed E-state index contributed by atoms with van der Waals surface area (Å²) < 4.78 is 5.42. The summed E-state index contributed by atoms with van der Waals surface area (Å²) in [4.78, 5) is 0. The van der Waals surface area contributed by atoms with Gasteiger partial charge in [0.1, 0.15) is 0 Å². The van der Waals surface area contributed by atoms with Gasteiger partial charge in [-0.25, -0.2) is 0 Å². The maximum absolute atomic E-state index is 5.42. The highest BCUT2D eigenvalue weighted by Gasteiger charge is 2.26. The Morgan fingerprint density at radius 1 is 1.47 bits per heavy atom. The van der Waals surface area contributed by atoms with Gasteiger partial charge in [0.05, 0.1) is 6.61 Å². The standard InChI is InChI=1S/C12H24N2O/c1-9-5-13-6-12(9)7-14-10(2)11-3-4-15-8-11/h9-14H,3-8H2,1-2H3. The first-order valence-electron chi connectivity index (χ1n) is 6.29. The summed E-state index contributed by atoms with van der Waals surface area (Å²) in [6.45, 7) is 10.1. The molecule has 4 atom stereocenters. The Labute approximate surface area is 93.0 Å². The van der Waals surface area contributed by atoms with Gasteiger partial charge in [-0.2, -0.15) is 0 Å². The summed E-state index contributed by atoms with van der Waals surface area (Å²) in [5, 5.41) is 7.13. The zero-order valence-electron chi connectivity index (χ0n) is 9.96. The second-order valence-corrected chi connectivity index (χ2v) is 5.22. The molecule has 0 aromatic carbocycles. The molecule has 0 aromatic heterocycles. The van der Waals surface area contributed by atoms with Crippen LogP contribution in [0.25, 0.3) is 0 Å². The number of rotatable bonds is 4. The van der Waals surface area contributed by atoms with Crippen LogP contribution in [0, 0.1) is 17.8 Å². The lowest BCUT2D eigenvalue weighted by Crippen LogP contribution is -2.38. The Morgan fingerprint density at radius 3 is 2.93 bits per heavy atom. The quantitative estimate of drug-likeness (QED) is 0.725. The maximum atomic E-state index is 5.42. The molecule has 2 aliphatic heterocycles. The molecule has 2 aliphatic rings. The fourth-order valence-electron chi connectivity index (χ4n) is 2.59. The highest BCUT2D eigenvalue weighted by Crippen LogP contribution is 2.18. The second kappa shape index (κ2) is 5.28. The fourth-order valence-corrected chi connectivity index (χ4v) is 2.59. The number of nitrogens with one attached hydrogen (secondary N) is 2. The molecule has 0 aliphatic carbocycles. The van der Waals surface area contributed by atoms with Crippen LogP contribution >= 0.6 is 0 Å². The van der Waals surface area contributed by atoms with E-state index in [9.17, 15) is 0 Å². The molecular formula is C12H24N2O. The van der Waals surface area contributed by atoms with Crippen LogP contribution in [0.5, 0.6) is 0 Å². The van der Waals surface area contributed by atoms with Gasteiger partial charge in [0.25, 0.3) is 0 Å². The molecule has 2 rings (SSSR count). The molecule has 3 heteroatoms. The van der Waals surface area contributed by atoms with Crippen molar-refractivity contribution >= 4 is 0 Å². The van der Waals surface area contributed by atoms with Gasteiger partial charge < -0.3 is 15.4 Å². The summed E-state index contributed by atoms with van der Waals surface area (Å²) in [5.74, 6) is 2.37. The maximum Gasteiger partial charge on any atom is 0.0509 e. The van der Waals surface area contributed by atoms with Gasteiger partial charge in [-0.15, -0.1) is 0 Å². The molecule has 0 radical (unpaired) electrons. The van der Waals surface area contributed by atoms with Gasteiger partial charge in [-0.3, -0.25) is 0 Å². The van der Waals surface area contributed by atoms with Crippen LogP contribution in [-0.4, -0.2) is 38.9 Å². The van der Waals surface area contributed by atoms with E-state index in [1.807, 2.05) is 0 Å². The Kier molecular flexibility index (Phi) is 4.00. The van der Waals surface area contributed by atoms with Crippen molar-refractivity contribution in [2.45, 2.75) is 26.3 Å². The summed E-state index contributed by atoms with van der Waals surface area (Å²) >= 11 is 0. The predicted molar refractivity (Wildman–Crippen MR) is 61.9 cm³/mol. The highest BCUT2D eigenvalue weighted by atomic mass is 16.5. The van der Waals surface area contributed by atoms with E-state index in [0.29, 0.717) is 6.04 Å². The van der Waals surface area contributed by atoms with Crippen LogP contribution in [0.2, 0.25) is 0 Å². The van der Waals surface area contributed by atoms with Crippen LogP contribution in [0.15, 0.2) is 0 Å². The lowest BCUT2D eigenvalue weighted by atomic mass is 9.96. The summed E-state index contributed by atoms with van der Waals surface area (Å²) in [6, 6.07) is 0.611. The zero-order valence-corrected chi connectivity index (χ0v) is 9.96. The van der Waals surface area contributed by atoms with E-state index in [1.165, 1.54) is 19.5 Å². The van der Waals surface area contributed by atoms with Crippen LogP contribution in [0.3, 0.4) is 0 Å². The normalized spacial score (nSPS) is 38.4.